The Labute approximate surface area is 232 Å². The molecule has 1 atom stereocenters. The van der Waals surface area contributed by atoms with E-state index >= 15 is 0 Å². The van der Waals surface area contributed by atoms with E-state index in [1.54, 1.807) is 0 Å². The van der Waals surface area contributed by atoms with Crippen molar-refractivity contribution in [1.82, 2.24) is 15.5 Å². The van der Waals surface area contributed by atoms with Gasteiger partial charge in [-0.3, -0.25) is 14.5 Å². The predicted molar refractivity (Wildman–Crippen MR) is 148 cm³/mol. The van der Waals surface area contributed by atoms with Crippen molar-refractivity contribution in [3.05, 3.63) is 107 Å². The van der Waals surface area contributed by atoms with Crippen LogP contribution >= 0.6 is 0 Å². The van der Waals surface area contributed by atoms with Crippen LogP contribution in [0.25, 0.3) is 0 Å². The second-order valence-corrected chi connectivity index (χ2v) is 10.9. The van der Waals surface area contributed by atoms with E-state index in [9.17, 15) is 22.8 Å². The van der Waals surface area contributed by atoms with Crippen molar-refractivity contribution in [3.8, 4) is 0 Å². The SMILES string of the molecule is O=C(CNC(=O)c1cccc(C(F)(F)F)c1)NC1CCN(C2CCC(c3ccccc3)(c3ccccc3)CC2)C1. The first-order valence-corrected chi connectivity index (χ1v) is 13.8. The lowest BCUT2D eigenvalue weighted by atomic mass is 9.64. The average Bonchev–Trinajstić information content (AvgIpc) is 3.45. The summed E-state index contributed by atoms with van der Waals surface area (Å²) in [7, 11) is 0. The molecular weight excluding hydrogens is 515 g/mol. The van der Waals surface area contributed by atoms with Gasteiger partial charge in [0.05, 0.1) is 12.1 Å². The van der Waals surface area contributed by atoms with Crippen molar-refractivity contribution >= 4 is 11.8 Å². The Morgan fingerprint density at radius 2 is 1.48 bits per heavy atom. The second kappa shape index (κ2) is 11.8. The number of hydrogen-bond acceptors (Lipinski definition) is 3. The van der Waals surface area contributed by atoms with E-state index in [4.69, 9.17) is 0 Å². The van der Waals surface area contributed by atoms with Crippen LogP contribution in [0.15, 0.2) is 84.9 Å². The summed E-state index contributed by atoms with van der Waals surface area (Å²) in [5.74, 6) is -1.06. The number of nitrogens with zero attached hydrogens (tertiary/aromatic N) is 1. The van der Waals surface area contributed by atoms with Crippen molar-refractivity contribution in [3.63, 3.8) is 0 Å². The number of benzene rings is 3. The molecule has 40 heavy (non-hydrogen) atoms. The molecule has 2 N–H and O–H groups in total. The molecule has 0 bridgehead atoms. The first kappa shape index (κ1) is 27.9. The van der Waals surface area contributed by atoms with E-state index in [0.717, 1.165) is 57.3 Å². The minimum Gasteiger partial charge on any atom is -0.350 e. The van der Waals surface area contributed by atoms with Gasteiger partial charge in [-0.2, -0.15) is 13.2 Å². The summed E-state index contributed by atoms with van der Waals surface area (Å²) < 4.78 is 38.8. The highest BCUT2D eigenvalue weighted by molar-refractivity contribution is 5.96. The van der Waals surface area contributed by atoms with E-state index in [1.165, 1.54) is 23.3 Å². The van der Waals surface area contributed by atoms with Crippen LogP contribution in [-0.4, -0.2) is 48.4 Å². The second-order valence-electron chi connectivity index (χ2n) is 10.9. The molecule has 8 heteroatoms. The van der Waals surface area contributed by atoms with Gasteiger partial charge in [-0.25, -0.2) is 0 Å². The maximum Gasteiger partial charge on any atom is 0.416 e. The van der Waals surface area contributed by atoms with E-state index in [-0.39, 0.29) is 29.5 Å². The molecule has 3 aromatic carbocycles. The number of halogens is 3. The third-order valence-corrected chi connectivity index (χ3v) is 8.42. The quantitative estimate of drug-likeness (QED) is 0.406. The van der Waals surface area contributed by atoms with Crippen LogP contribution in [0.5, 0.6) is 0 Å². The van der Waals surface area contributed by atoms with Crippen LogP contribution in [-0.2, 0) is 16.4 Å². The molecule has 1 aliphatic carbocycles. The van der Waals surface area contributed by atoms with Crippen LogP contribution in [0.4, 0.5) is 13.2 Å². The molecule has 0 aromatic heterocycles. The van der Waals surface area contributed by atoms with Gasteiger partial charge < -0.3 is 10.6 Å². The zero-order valence-electron chi connectivity index (χ0n) is 22.3. The van der Waals surface area contributed by atoms with Crippen LogP contribution in [0.1, 0.15) is 59.2 Å². The smallest absolute Gasteiger partial charge is 0.350 e. The lowest BCUT2D eigenvalue weighted by Gasteiger charge is -2.43. The first-order valence-electron chi connectivity index (χ1n) is 13.8. The first-order chi connectivity index (χ1) is 19.2. The summed E-state index contributed by atoms with van der Waals surface area (Å²) in [6.07, 6.45) is 0.536. The van der Waals surface area contributed by atoms with Crippen molar-refractivity contribution in [1.29, 1.82) is 0 Å². The van der Waals surface area contributed by atoms with E-state index in [1.807, 2.05) is 0 Å². The van der Waals surface area contributed by atoms with Gasteiger partial charge in [-0.05, 0) is 61.4 Å². The molecule has 1 heterocycles. The number of likely N-dealkylation sites (tertiary alicyclic amines) is 1. The van der Waals surface area contributed by atoms with Gasteiger partial charge in [0, 0.05) is 36.2 Å². The Hall–Kier alpha value is -3.65. The zero-order valence-corrected chi connectivity index (χ0v) is 22.3. The number of hydrogen-bond donors (Lipinski definition) is 2. The predicted octanol–water partition coefficient (Wildman–Crippen LogP) is 5.55. The Bertz CT molecular complexity index is 1260. The minimum absolute atomic E-state index is 0.00415. The Morgan fingerprint density at radius 3 is 2.08 bits per heavy atom. The fourth-order valence-corrected chi connectivity index (χ4v) is 6.33. The van der Waals surface area contributed by atoms with Gasteiger partial charge >= 0.3 is 6.18 Å². The lowest BCUT2D eigenvalue weighted by Crippen LogP contribution is -2.45. The van der Waals surface area contributed by atoms with Gasteiger partial charge in [0.25, 0.3) is 5.91 Å². The van der Waals surface area contributed by atoms with Gasteiger partial charge in [0.2, 0.25) is 5.91 Å². The molecule has 1 saturated heterocycles. The maximum atomic E-state index is 12.9. The minimum atomic E-state index is -4.54. The molecule has 3 aromatic rings. The number of rotatable bonds is 7. The third-order valence-electron chi connectivity index (χ3n) is 8.42. The van der Waals surface area contributed by atoms with Crippen molar-refractivity contribution in [2.75, 3.05) is 19.6 Å². The van der Waals surface area contributed by atoms with Crippen molar-refractivity contribution < 1.29 is 22.8 Å². The summed E-state index contributed by atoms with van der Waals surface area (Å²) in [6.45, 7) is 1.36. The molecule has 5 nitrogen and oxygen atoms in total. The highest BCUT2D eigenvalue weighted by atomic mass is 19.4. The molecule has 0 radical (unpaired) electrons. The molecular formula is C32H34F3N3O2. The number of carbonyl (C=O) groups is 2. The number of amides is 2. The van der Waals surface area contributed by atoms with Gasteiger partial charge in [-0.15, -0.1) is 0 Å². The van der Waals surface area contributed by atoms with Crippen LogP contribution < -0.4 is 10.6 Å². The molecule has 2 amide bonds. The van der Waals surface area contributed by atoms with Gasteiger partial charge in [-0.1, -0.05) is 66.7 Å². The largest absolute Gasteiger partial charge is 0.416 e. The number of nitrogens with one attached hydrogen (secondary N) is 2. The monoisotopic (exact) mass is 549 g/mol. The molecule has 1 unspecified atom stereocenters. The standard InChI is InChI=1S/C32H34F3N3O2/c33-32(34,35)26-13-7-8-23(20-26)30(40)36-21-29(39)37-27-16-19-38(22-27)28-14-17-31(18-15-28,24-9-3-1-4-10-24)25-11-5-2-6-12-25/h1-13,20,27-28H,14-19,21-22H2,(H,36,40)(H,37,39). The van der Waals surface area contributed by atoms with Crippen LogP contribution in [0.3, 0.4) is 0 Å². The van der Waals surface area contributed by atoms with Crippen molar-refractivity contribution in [2.45, 2.75) is 55.8 Å². The summed E-state index contributed by atoms with van der Waals surface area (Å²) in [6, 6.07) is 26.1. The highest BCUT2D eigenvalue weighted by Crippen LogP contribution is 2.46. The molecule has 1 aliphatic heterocycles. The van der Waals surface area contributed by atoms with E-state index in [0.29, 0.717) is 6.04 Å². The number of carbonyl (C=O) groups excluding carboxylic acids is 2. The maximum absolute atomic E-state index is 12.9. The fraction of sp³-hybridized carbons (Fsp3) is 0.375. The molecule has 1 saturated carbocycles. The summed E-state index contributed by atoms with van der Waals surface area (Å²) in [4.78, 5) is 27.3. The van der Waals surface area contributed by atoms with Crippen LogP contribution in [0, 0.1) is 0 Å². The van der Waals surface area contributed by atoms with E-state index in [2.05, 4.69) is 76.2 Å². The van der Waals surface area contributed by atoms with Gasteiger partial charge in [0.15, 0.2) is 0 Å². The molecule has 2 fully saturated rings. The highest BCUT2D eigenvalue weighted by Gasteiger charge is 2.41. The average molecular weight is 550 g/mol. The summed E-state index contributed by atoms with van der Waals surface area (Å²) in [5.41, 5.74) is 1.69. The fourth-order valence-electron chi connectivity index (χ4n) is 6.33. The molecule has 2 aliphatic rings. The normalized spacial score (nSPS) is 19.7. The Balaban J connectivity index is 1.12. The zero-order chi connectivity index (χ0) is 28.2. The van der Waals surface area contributed by atoms with Crippen LogP contribution in [0.2, 0.25) is 0 Å². The summed E-state index contributed by atoms with van der Waals surface area (Å²) >= 11 is 0. The molecule has 210 valence electrons. The Morgan fingerprint density at radius 1 is 0.850 bits per heavy atom. The third kappa shape index (κ3) is 6.22. The van der Waals surface area contributed by atoms with Crippen molar-refractivity contribution in [2.24, 2.45) is 0 Å². The lowest BCUT2D eigenvalue weighted by molar-refractivity contribution is -0.137. The summed E-state index contributed by atoms with van der Waals surface area (Å²) in [5, 5.41) is 5.42. The molecule has 5 rings (SSSR count). The topological polar surface area (TPSA) is 61.4 Å². The Kier molecular flexibility index (Phi) is 8.26. The number of alkyl halides is 3. The van der Waals surface area contributed by atoms with Gasteiger partial charge in [0.1, 0.15) is 0 Å². The molecule has 0 spiro atoms. The van der Waals surface area contributed by atoms with E-state index < -0.39 is 17.6 Å².